The number of carbonyl (C=O) groups excluding carboxylic acids is 2. The van der Waals surface area contributed by atoms with Crippen LogP contribution in [0.1, 0.15) is 6.92 Å². The first kappa shape index (κ1) is 14.8. The van der Waals surface area contributed by atoms with E-state index in [0.29, 0.717) is 10.5 Å². The zero-order valence-electron chi connectivity index (χ0n) is 9.92. The topological polar surface area (TPSA) is 77.5 Å². The van der Waals surface area contributed by atoms with E-state index >= 15 is 0 Å². The van der Waals surface area contributed by atoms with Crippen LogP contribution in [0.2, 0.25) is 0 Å². The number of nitrogens with zero attached hydrogens (tertiary/aromatic N) is 2. The van der Waals surface area contributed by atoms with E-state index in [9.17, 15) is 9.59 Å². The lowest BCUT2D eigenvalue weighted by Crippen LogP contribution is -2.42. The Labute approximate surface area is 93.4 Å². The number of carbonyl (C=O) groups is 2. The molecule has 0 saturated carbocycles. The van der Waals surface area contributed by atoms with Crippen LogP contribution >= 0.6 is 0 Å². The second-order valence-corrected chi connectivity index (χ2v) is 2.64. The van der Waals surface area contributed by atoms with Crippen LogP contribution in [0.25, 0.3) is 0 Å². The molecule has 0 unspecified atom stereocenters. The van der Waals surface area contributed by atoms with Gasteiger partial charge in [0.2, 0.25) is 0 Å². The number of hydrogen-bond acceptors (Lipinski definition) is 6. The Kier molecular flexibility index (Phi) is 6.58. The predicted molar refractivity (Wildman–Crippen MR) is 50.9 cm³/mol. The second-order valence-electron chi connectivity index (χ2n) is 2.64. The second kappa shape index (κ2) is 7.12. The zero-order valence-corrected chi connectivity index (χ0v) is 9.92. The maximum atomic E-state index is 11.6. The summed E-state index contributed by atoms with van der Waals surface area (Å²) in [5.74, 6) is -2.40. The van der Waals surface area contributed by atoms with Gasteiger partial charge in [0.1, 0.15) is 5.92 Å². The first-order valence-corrected chi connectivity index (χ1v) is 4.37. The quantitative estimate of drug-likeness (QED) is 0.458. The Morgan fingerprint density at radius 2 is 1.06 bits per heavy atom. The van der Waals surface area contributed by atoms with Crippen LogP contribution in [-0.2, 0) is 28.9 Å². The maximum absolute atomic E-state index is 11.6. The number of amides is 2. The summed E-state index contributed by atoms with van der Waals surface area (Å²) >= 11 is 0. The molecular weight excluding hydrogens is 220 g/mol. The summed E-state index contributed by atoms with van der Waals surface area (Å²) in [4.78, 5) is 41.6. The summed E-state index contributed by atoms with van der Waals surface area (Å²) in [6.45, 7) is 1.38. The van der Waals surface area contributed by atoms with E-state index in [0.717, 1.165) is 0 Å². The van der Waals surface area contributed by atoms with E-state index in [1.165, 1.54) is 35.4 Å². The molecule has 8 nitrogen and oxygen atoms in total. The number of rotatable bonds is 6. The van der Waals surface area contributed by atoms with Crippen molar-refractivity contribution >= 4 is 11.8 Å². The van der Waals surface area contributed by atoms with Crippen LogP contribution < -0.4 is 0 Å². The van der Waals surface area contributed by atoms with Gasteiger partial charge < -0.3 is 0 Å². The van der Waals surface area contributed by atoms with Crippen LogP contribution in [-0.4, -0.2) is 50.7 Å². The minimum atomic E-state index is -1.06. The molecule has 0 aromatic heterocycles. The van der Waals surface area contributed by atoms with Crippen molar-refractivity contribution in [3.8, 4) is 0 Å². The third-order valence-corrected chi connectivity index (χ3v) is 1.76. The number of hydroxylamine groups is 4. The Hall–Kier alpha value is -1.22. The molecule has 16 heavy (non-hydrogen) atoms. The van der Waals surface area contributed by atoms with Crippen LogP contribution in [0.4, 0.5) is 0 Å². The van der Waals surface area contributed by atoms with Crippen molar-refractivity contribution in [1.82, 2.24) is 10.5 Å². The molecule has 0 fully saturated rings. The highest BCUT2D eigenvalue weighted by Gasteiger charge is 2.31. The molecule has 0 saturated heterocycles. The van der Waals surface area contributed by atoms with Crippen molar-refractivity contribution in [3.05, 3.63) is 0 Å². The SMILES string of the molecule is CON(OC)C(=O)C(C)C(=O)N(OC)OC. The molecule has 0 atom stereocenters. The molecule has 0 aromatic carbocycles. The normalized spacial score (nSPS) is 10.4. The molecule has 0 spiro atoms. The third-order valence-electron chi connectivity index (χ3n) is 1.76. The molecular formula is C8H16N2O6. The minimum absolute atomic E-state index is 0.589. The molecule has 0 aliphatic carbocycles. The highest BCUT2D eigenvalue weighted by molar-refractivity contribution is 5.98. The fraction of sp³-hybridized carbons (Fsp3) is 0.750. The molecule has 0 aliphatic heterocycles. The molecule has 0 heterocycles. The monoisotopic (exact) mass is 236 g/mol. The molecule has 0 radical (unpaired) electrons. The predicted octanol–water partition coefficient (Wildman–Crippen LogP) is -0.475. The van der Waals surface area contributed by atoms with Gasteiger partial charge in [-0.15, -0.1) is 0 Å². The van der Waals surface area contributed by atoms with Crippen molar-refractivity contribution in [1.29, 1.82) is 0 Å². The van der Waals surface area contributed by atoms with E-state index in [2.05, 4.69) is 19.4 Å². The molecule has 8 heteroatoms. The van der Waals surface area contributed by atoms with E-state index in [1.54, 1.807) is 0 Å². The molecule has 0 N–H and O–H groups in total. The molecule has 0 bridgehead atoms. The largest absolute Gasteiger partial charge is 0.285 e. The Bertz CT molecular complexity index is 215. The van der Waals surface area contributed by atoms with Crippen LogP contribution in [0.5, 0.6) is 0 Å². The van der Waals surface area contributed by atoms with Gasteiger partial charge in [0, 0.05) is 0 Å². The van der Waals surface area contributed by atoms with Gasteiger partial charge in [-0.2, -0.15) is 0 Å². The average Bonchev–Trinajstić information content (AvgIpc) is 2.30. The lowest BCUT2D eigenvalue weighted by molar-refractivity contribution is -0.329. The summed E-state index contributed by atoms with van der Waals surface area (Å²) in [5.41, 5.74) is 0. The average molecular weight is 236 g/mol. The van der Waals surface area contributed by atoms with Gasteiger partial charge >= 0.3 is 0 Å². The van der Waals surface area contributed by atoms with E-state index in [-0.39, 0.29) is 0 Å². The Morgan fingerprint density at radius 1 is 0.812 bits per heavy atom. The zero-order chi connectivity index (χ0) is 12.7. The molecule has 2 amide bonds. The van der Waals surface area contributed by atoms with E-state index < -0.39 is 17.7 Å². The third kappa shape index (κ3) is 3.42. The van der Waals surface area contributed by atoms with Crippen molar-refractivity contribution in [2.24, 2.45) is 5.92 Å². The van der Waals surface area contributed by atoms with E-state index in [4.69, 9.17) is 0 Å². The van der Waals surface area contributed by atoms with Crippen LogP contribution in [0.3, 0.4) is 0 Å². The standard InChI is InChI=1S/C8H16N2O6/c1-6(7(11)9(13-2)14-3)8(12)10(15-4)16-5/h6H,1-5H3. The van der Waals surface area contributed by atoms with Gasteiger partial charge in [0.15, 0.2) is 0 Å². The van der Waals surface area contributed by atoms with Crippen molar-refractivity contribution in [2.45, 2.75) is 6.92 Å². The van der Waals surface area contributed by atoms with Gasteiger partial charge in [-0.3, -0.25) is 9.59 Å². The van der Waals surface area contributed by atoms with Gasteiger partial charge in [-0.05, 0) is 6.92 Å². The minimum Gasteiger partial charge on any atom is -0.269 e. The van der Waals surface area contributed by atoms with Gasteiger partial charge in [0.25, 0.3) is 11.8 Å². The molecule has 0 rings (SSSR count). The van der Waals surface area contributed by atoms with Gasteiger partial charge in [0.05, 0.1) is 28.4 Å². The summed E-state index contributed by atoms with van der Waals surface area (Å²) in [6, 6.07) is 0. The van der Waals surface area contributed by atoms with E-state index in [1.807, 2.05) is 0 Å². The first-order valence-electron chi connectivity index (χ1n) is 4.37. The summed E-state index contributed by atoms with van der Waals surface area (Å²) in [6.07, 6.45) is 0. The van der Waals surface area contributed by atoms with Crippen molar-refractivity contribution in [3.63, 3.8) is 0 Å². The number of hydrogen-bond donors (Lipinski definition) is 0. The summed E-state index contributed by atoms with van der Waals surface area (Å²) in [7, 11) is 4.96. The van der Waals surface area contributed by atoms with Crippen molar-refractivity contribution in [2.75, 3.05) is 28.4 Å². The van der Waals surface area contributed by atoms with Gasteiger partial charge in [-0.1, -0.05) is 10.5 Å². The Balaban J connectivity index is 4.59. The lowest BCUT2D eigenvalue weighted by atomic mass is 10.1. The Morgan fingerprint density at radius 3 is 1.25 bits per heavy atom. The molecule has 94 valence electrons. The summed E-state index contributed by atoms with van der Waals surface area (Å²) in [5, 5.41) is 1.18. The molecule has 0 aromatic rings. The maximum Gasteiger partial charge on any atom is 0.285 e. The summed E-state index contributed by atoms with van der Waals surface area (Å²) < 4.78 is 0. The van der Waals surface area contributed by atoms with Crippen LogP contribution in [0, 0.1) is 5.92 Å². The van der Waals surface area contributed by atoms with Gasteiger partial charge in [-0.25, -0.2) is 19.4 Å². The van der Waals surface area contributed by atoms with Crippen molar-refractivity contribution < 1.29 is 28.9 Å². The van der Waals surface area contributed by atoms with Crippen LogP contribution in [0.15, 0.2) is 0 Å². The lowest BCUT2D eigenvalue weighted by Gasteiger charge is -2.22. The first-order chi connectivity index (χ1) is 7.53. The highest BCUT2D eigenvalue weighted by Crippen LogP contribution is 2.08. The molecule has 0 aliphatic rings. The fourth-order valence-electron chi connectivity index (χ4n) is 0.931. The smallest absolute Gasteiger partial charge is 0.269 e. The highest BCUT2D eigenvalue weighted by atomic mass is 17.0. The fourth-order valence-corrected chi connectivity index (χ4v) is 0.931.